The number of sulfonamides is 2. The number of hydrazine groups is 2. The topological polar surface area (TPSA) is 225 Å². The first kappa shape index (κ1) is 57.6. The molecule has 0 atom stereocenters. The molecule has 18 nitrogen and oxygen atoms in total. The molecule has 20 heteroatoms. The number of hydrogen-bond donors (Lipinski definition) is 1. The summed E-state index contributed by atoms with van der Waals surface area (Å²) in [5.41, 5.74) is 5.87. The lowest BCUT2D eigenvalue weighted by Gasteiger charge is -2.33. The van der Waals surface area contributed by atoms with Gasteiger partial charge in [-0.2, -0.15) is 21.8 Å². The summed E-state index contributed by atoms with van der Waals surface area (Å²) in [4.78, 5) is 86.4. The average molecular weight is 1150 g/mol. The van der Waals surface area contributed by atoms with Crippen LogP contribution in [0.4, 0.5) is 17.1 Å². The molecule has 9 rings (SSSR count). The van der Waals surface area contributed by atoms with Crippen LogP contribution in [-0.4, -0.2) is 92.8 Å². The standard InChI is InChI=1S/C63H55N7O11S2/c1-41-19-27-46(28-20-41)60(72)67(61(73)47-29-21-42(2)22-30-47)69(63(75)49-31-23-43(3)24-32-49)83(80,81)58-18-10-12-52-54(58)14-8-16-56(52)66(6)40-39-44-25-33-45(34-26-44)59(71)64-68(62(74)48-35-37-50(38-36-48)70(76)77)82(78,79)57-17-9-11-51-53(57)13-7-15-55(51)65(4)5/h7-38H,39-40H2,1-6H3,(H,64,71). The van der Waals surface area contributed by atoms with Gasteiger partial charge in [-0.15, -0.1) is 8.83 Å². The summed E-state index contributed by atoms with van der Waals surface area (Å²) < 4.78 is 60.9. The van der Waals surface area contributed by atoms with E-state index in [0.717, 1.165) is 46.5 Å². The molecule has 0 aliphatic rings. The summed E-state index contributed by atoms with van der Waals surface area (Å²) in [6.45, 7) is 5.73. The highest BCUT2D eigenvalue weighted by Gasteiger charge is 2.43. The van der Waals surface area contributed by atoms with Crippen molar-refractivity contribution < 1.29 is 45.7 Å². The average Bonchev–Trinajstić information content (AvgIpc) is 2.12. The van der Waals surface area contributed by atoms with E-state index in [0.29, 0.717) is 40.1 Å². The van der Waals surface area contributed by atoms with Gasteiger partial charge in [0.25, 0.3) is 55.3 Å². The maximum absolute atomic E-state index is 15.5. The molecular formula is C63H55N7O11S2. The zero-order valence-electron chi connectivity index (χ0n) is 45.9. The van der Waals surface area contributed by atoms with Crippen LogP contribution in [-0.2, 0) is 26.5 Å². The molecule has 9 aromatic rings. The summed E-state index contributed by atoms with van der Waals surface area (Å²) in [7, 11) is -4.63. The van der Waals surface area contributed by atoms with Crippen molar-refractivity contribution in [3.05, 3.63) is 254 Å². The summed E-state index contributed by atoms with van der Waals surface area (Å²) in [5.74, 6) is -5.41. The van der Waals surface area contributed by atoms with Crippen LogP contribution in [0.5, 0.6) is 0 Å². The second-order valence-electron chi connectivity index (χ2n) is 19.9. The molecule has 0 bridgehead atoms. The smallest absolute Gasteiger partial charge is 0.287 e. The monoisotopic (exact) mass is 1150 g/mol. The van der Waals surface area contributed by atoms with Crippen molar-refractivity contribution in [2.24, 2.45) is 0 Å². The first-order chi connectivity index (χ1) is 39.6. The Balaban J connectivity index is 1.00. The quantitative estimate of drug-likeness (QED) is 0.0573. The lowest BCUT2D eigenvalue weighted by Crippen LogP contribution is -2.55. The number of rotatable bonds is 15. The molecule has 9 aromatic carbocycles. The van der Waals surface area contributed by atoms with E-state index in [9.17, 15) is 42.5 Å². The number of amides is 5. The molecule has 0 fully saturated rings. The van der Waals surface area contributed by atoms with Gasteiger partial charge in [0.2, 0.25) is 0 Å². The molecular weight excluding hydrogens is 1090 g/mol. The van der Waals surface area contributed by atoms with Crippen LogP contribution in [0.1, 0.15) is 74.0 Å². The molecule has 0 aromatic heterocycles. The van der Waals surface area contributed by atoms with Crippen LogP contribution in [0, 0.1) is 30.9 Å². The number of aryl methyl sites for hydroxylation is 3. The van der Waals surface area contributed by atoms with Gasteiger partial charge in [-0.3, -0.25) is 34.1 Å². The highest BCUT2D eigenvalue weighted by molar-refractivity contribution is 7.90. The number of carbonyl (C=O) groups is 5. The highest BCUT2D eigenvalue weighted by Crippen LogP contribution is 2.36. The number of carbonyl (C=O) groups excluding carboxylic acids is 5. The first-order valence-electron chi connectivity index (χ1n) is 25.9. The molecule has 0 heterocycles. The molecule has 0 unspecified atom stereocenters. The number of likely N-dealkylation sites (N-methyl/N-ethyl adjacent to an activating group) is 1. The minimum absolute atomic E-state index is 0.0102. The first-order valence-corrected chi connectivity index (χ1v) is 28.8. The van der Waals surface area contributed by atoms with E-state index in [4.69, 9.17) is 0 Å². The van der Waals surface area contributed by atoms with Crippen LogP contribution in [0.25, 0.3) is 21.5 Å². The lowest BCUT2D eigenvalue weighted by atomic mass is 10.1. The normalized spacial score (nSPS) is 11.4. The number of nitro benzene ring substituents is 1. The summed E-state index contributed by atoms with van der Waals surface area (Å²) in [5, 5.41) is 13.3. The summed E-state index contributed by atoms with van der Waals surface area (Å²) in [6, 6.07) is 48.1. The van der Waals surface area contributed by atoms with Crippen LogP contribution in [0.15, 0.2) is 204 Å². The third-order valence-corrected chi connectivity index (χ3v) is 17.3. The van der Waals surface area contributed by atoms with Crippen molar-refractivity contribution in [2.75, 3.05) is 37.5 Å². The fourth-order valence-corrected chi connectivity index (χ4v) is 12.4. The van der Waals surface area contributed by atoms with Crippen molar-refractivity contribution in [3.63, 3.8) is 0 Å². The van der Waals surface area contributed by atoms with Gasteiger partial charge in [-0.1, -0.05) is 114 Å². The summed E-state index contributed by atoms with van der Waals surface area (Å²) >= 11 is 0. The molecule has 5 amide bonds. The largest absolute Gasteiger partial charge is 0.377 e. The van der Waals surface area contributed by atoms with Crippen molar-refractivity contribution >= 4 is 88.2 Å². The zero-order chi connectivity index (χ0) is 59.5. The van der Waals surface area contributed by atoms with Gasteiger partial charge >= 0.3 is 0 Å². The number of anilines is 2. The maximum atomic E-state index is 15.5. The van der Waals surface area contributed by atoms with E-state index in [1.165, 1.54) is 72.8 Å². The molecule has 83 heavy (non-hydrogen) atoms. The Morgan fingerprint density at radius 3 is 1.34 bits per heavy atom. The Morgan fingerprint density at radius 2 is 0.855 bits per heavy atom. The van der Waals surface area contributed by atoms with Gasteiger partial charge in [-0.25, -0.2) is 5.43 Å². The molecule has 0 aliphatic carbocycles. The molecule has 420 valence electrons. The number of benzene rings is 9. The number of hydrogen-bond acceptors (Lipinski definition) is 13. The molecule has 0 saturated heterocycles. The maximum Gasteiger partial charge on any atom is 0.287 e. The second-order valence-corrected chi connectivity index (χ2v) is 23.4. The van der Waals surface area contributed by atoms with Gasteiger partial charge in [0, 0.05) is 101 Å². The van der Waals surface area contributed by atoms with Crippen molar-refractivity contribution in [2.45, 2.75) is 37.0 Å². The fraction of sp³-hybridized carbons (Fsp3) is 0.127. The van der Waals surface area contributed by atoms with E-state index in [2.05, 4.69) is 5.43 Å². The van der Waals surface area contributed by atoms with Crippen molar-refractivity contribution in [3.8, 4) is 0 Å². The second kappa shape index (κ2) is 23.6. The van der Waals surface area contributed by atoms with Gasteiger partial charge < -0.3 is 9.80 Å². The third-order valence-electron chi connectivity index (χ3n) is 13.9. The van der Waals surface area contributed by atoms with Gasteiger partial charge in [-0.05, 0) is 118 Å². The Bertz CT molecular complexity index is 4200. The predicted molar refractivity (Wildman–Crippen MR) is 317 cm³/mol. The van der Waals surface area contributed by atoms with Crippen molar-refractivity contribution in [1.82, 2.24) is 19.3 Å². The highest BCUT2D eigenvalue weighted by atomic mass is 32.2. The predicted octanol–water partition coefficient (Wildman–Crippen LogP) is 10.5. The Hall–Kier alpha value is -10.1. The zero-order valence-corrected chi connectivity index (χ0v) is 47.5. The van der Waals surface area contributed by atoms with E-state index >= 15 is 8.42 Å². The lowest BCUT2D eigenvalue weighted by molar-refractivity contribution is -0.384. The van der Waals surface area contributed by atoms with Crippen LogP contribution in [0.3, 0.4) is 0 Å². The van der Waals surface area contributed by atoms with E-state index in [1.54, 1.807) is 144 Å². The number of nitro groups is 1. The molecule has 0 aliphatic heterocycles. The Labute approximate surface area is 479 Å². The van der Waals surface area contributed by atoms with E-state index in [1.807, 2.05) is 4.90 Å². The number of nitrogens with one attached hydrogen (secondary N) is 1. The van der Waals surface area contributed by atoms with Crippen molar-refractivity contribution in [1.29, 1.82) is 0 Å². The number of fused-ring (bicyclic) bond motifs is 2. The van der Waals surface area contributed by atoms with Crippen LogP contribution < -0.4 is 15.2 Å². The Kier molecular flexibility index (Phi) is 16.4. The van der Waals surface area contributed by atoms with Gasteiger partial charge in [0.15, 0.2) is 0 Å². The Morgan fingerprint density at radius 1 is 0.458 bits per heavy atom. The minimum Gasteiger partial charge on any atom is -0.377 e. The van der Waals surface area contributed by atoms with Crippen LogP contribution in [0.2, 0.25) is 0 Å². The minimum atomic E-state index is -5.14. The van der Waals surface area contributed by atoms with Gasteiger partial charge in [0.1, 0.15) is 0 Å². The molecule has 0 spiro atoms. The SMILES string of the molecule is Cc1ccc(C(=O)N(C(=O)c2ccc(C)cc2)N(C(=O)c2ccc(C)cc2)S(=O)(=O)c2cccc3c(N(C)CCc4ccc(C(=O)NN(C(=O)c5ccc([N+](=O)[O-])cc5)S(=O)(=O)c5cccc6c(N(C)C)cccc56)cc4)cccc23)cc1. The third kappa shape index (κ3) is 11.8. The molecule has 0 saturated carbocycles. The summed E-state index contributed by atoms with van der Waals surface area (Å²) in [6.07, 6.45) is 0.373. The number of non-ortho nitro benzene ring substituents is 1. The van der Waals surface area contributed by atoms with E-state index in [-0.39, 0.29) is 62.9 Å². The fourth-order valence-electron chi connectivity index (χ4n) is 9.36. The number of nitrogens with zero attached hydrogens (tertiary/aromatic N) is 6. The number of imide groups is 1. The van der Waals surface area contributed by atoms with E-state index < -0.39 is 54.5 Å². The van der Waals surface area contributed by atoms with Crippen LogP contribution >= 0.6 is 0 Å². The van der Waals surface area contributed by atoms with Gasteiger partial charge in [0.05, 0.1) is 14.7 Å². The molecule has 1 N–H and O–H groups in total. The molecule has 0 radical (unpaired) electrons.